The molecule has 2 aromatic heterocycles. The number of rotatable bonds is 1. The number of hydrogen-bond acceptors (Lipinski definition) is 6. The van der Waals surface area contributed by atoms with Crippen LogP contribution in [0.25, 0.3) is 22.1 Å². The van der Waals surface area contributed by atoms with E-state index in [1.54, 1.807) is 0 Å². The molecule has 8 heteroatoms. The predicted octanol–water partition coefficient (Wildman–Crippen LogP) is 0.0560. The van der Waals surface area contributed by atoms with Gasteiger partial charge in [0.15, 0.2) is 22.4 Å². The molecule has 0 aliphatic heterocycles. The van der Waals surface area contributed by atoms with Gasteiger partial charge in [0.2, 0.25) is 0 Å². The topological polar surface area (TPSA) is 148 Å². The first-order valence-corrected chi connectivity index (χ1v) is 5.22. The fourth-order valence-corrected chi connectivity index (χ4v) is 2.01. The summed E-state index contributed by atoms with van der Waals surface area (Å²) in [4.78, 5) is 29.8. The molecule has 0 bridgehead atoms. The molecule has 8 nitrogen and oxygen atoms in total. The lowest BCUT2D eigenvalue weighted by atomic mass is 10.1. The zero-order valence-corrected chi connectivity index (χ0v) is 9.43. The number of aromatic hydroxyl groups is 1. The molecule has 0 fully saturated rings. The van der Waals surface area contributed by atoms with Gasteiger partial charge < -0.3 is 26.0 Å². The van der Waals surface area contributed by atoms with Crippen molar-refractivity contribution in [3.8, 4) is 5.75 Å². The van der Waals surface area contributed by atoms with Gasteiger partial charge >= 0.3 is 0 Å². The number of hydrogen-bond donors (Lipinski definition) is 4. The van der Waals surface area contributed by atoms with Crippen molar-refractivity contribution in [1.29, 1.82) is 0 Å². The van der Waals surface area contributed by atoms with E-state index >= 15 is 0 Å². The molecule has 0 saturated carbocycles. The minimum atomic E-state index is -0.909. The van der Waals surface area contributed by atoms with Crippen molar-refractivity contribution in [2.45, 2.75) is 0 Å². The number of furan rings is 1. The molecule has 3 aromatic rings. The molecule has 2 heterocycles. The number of phenols is 1. The third-order valence-corrected chi connectivity index (χ3v) is 2.80. The normalized spacial score (nSPS) is 11.2. The van der Waals surface area contributed by atoms with Crippen LogP contribution >= 0.6 is 0 Å². The molecule has 0 radical (unpaired) electrons. The number of amides is 1. The molecule has 3 rings (SSSR count). The lowest BCUT2D eigenvalue weighted by Gasteiger charge is -1.99. The standard InChI is InChI=1S/C11H8N4O4/c12-10-9-7(14-2-15-10)5-3(16)1-4(17)6(11(13)18)8(5)19-9/h1-2,17H,12H2,(H2,13,18)(H,14,15). The fourth-order valence-electron chi connectivity index (χ4n) is 2.01. The average molecular weight is 260 g/mol. The number of aromatic amines is 1. The number of carbonyl (C=O) groups excluding carboxylic acids is 1. The maximum Gasteiger partial charge on any atom is 0.256 e. The van der Waals surface area contributed by atoms with Crippen LogP contribution in [0.5, 0.6) is 5.75 Å². The minimum absolute atomic E-state index is 0.0549. The second kappa shape index (κ2) is 3.48. The van der Waals surface area contributed by atoms with E-state index in [9.17, 15) is 14.7 Å². The van der Waals surface area contributed by atoms with E-state index in [-0.39, 0.29) is 27.9 Å². The van der Waals surface area contributed by atoms with Crippen molar-refractivity contribution in [2.75, 3.05) is 5.73 Å². The summed E-state index contributed by atoms with van der Waals surface area (Å²) in [5, 5.41) is 9.73. The van der Waals surface area contributed by atoms with Crippen molar-refractivity contribution < 1.29 is 14.3 Å². The molecule has 96 valence electrons. The van der Waals surface area contributed by atoms with Crippen LogP contribution < -0.4 is 16.9 Å². The molecule has 1 aromatic carbocycles. The lowest BCUT2D eigenvalue weighted by molar-refractivity contribution is 0.0998. The first-order valence-electron chi connectivity index (χ1n) is 5.22. The van der Waals surface area contributed by atoms with Crippen LogP contribution in [0.2, 0.25) is 0 Å². The Hall–Kier alpha value is -3.03. The molecule has 0 saturated heterocycles. The molecule has 0 aliphatic rings. The monoisotopic (exact) mass is 260 g/mol. The number of nitrogens with two attached hydrogens (primary N) is 2. The number of anilines is 1. The highest BCUT2D eigenvalue weighted by molar-refractivity contribution is 6.14. The quantitative estimate of drug-likeness (QED) is 0.486. The number of H-pyrrole nitrogens is 1. The Morgan fingerprint density at radius 1 is 1.42 bits per heavy atom. The maximum atomic E-state index is 11.9. The third-order valence-electron chi connectivity index (χ3n) is 2.80. The molecule has 0 aliphatic carbocycles. The van der Waals surface area contributed by atoms with E-state index in [4.69, 9.17) is 15.9 Å². The second-order valence-corrected chi connectivity index (χ2v) is 3.93. The molecule has 0 atom stereocenters. The van der Waals surface area contributed by atoms with Gasteiger partial charge in [-0.25, -0.2) is 4.98 Å². The SMILES string of the molecule is NC(=O)c1c(O)cc(=O)c2c1oc1c(N)nc[nH]c12. The number of fused-ring (bicyclic) bond motifs is 3. The van der Waals surface area contributed by atoms with Gasteiger partial charge in [-0.2, -0.15) is 0 Å². The fraction of sp³-hybridized carbons (Fsp3) is 0. The molecule has 19 heavy (non-hydrogen) atoms. The smallest absolute Gasteiger partial charge is 0.256 e. The van der Waals surface area contributed by atoms with Gasteiger partial charge in [-0.1, -0.05) is 0 Å². The van der Waals surface area contributed by atoms with Crippen LogP contribution in [0.1, 0.15) is 10.4 Å². The Labute approximate surface area is 104 Å². The van der Waals surface area contributed by atoms with Crippen LogP contribution in [-0.2, 0) is 0 Å². The zero-order valence-electron chi connectivity index (χ0n) is 9.43. The molecule has 0 unspecified atom stereocenters. The van der Waals surface area contributed by atoms with Crippen LogP contribution in [0.4, 0.5) is 5.82 Å². The Kier molecular flexibility index (Phi) is 2.03. The van der Waals surface area contributed by atoms with E-state index in [1.165, 1.54) is 6.33 Å². The number of nitrogens with zero attached hydrogens (tertiary/aromatic N) is 1. The molecule has 6 N–H and O–H groups in total. The second-order valence-electron chi connectivity index (χ2n) is 3.93. The van der Waals surface area contributed by atoms with Crippen molar-refractivity contribution in [1.82, 2.24) is 9.97 Å². The largest absolute Gasteiger partial charge is 0.507 e. The Morgan fingerprint density at radius 3 is 2.84 bits per heavy atom. The number of primary amides is 1. The molecular weight excluding hydrogens is 252 g/mol. The summed E-state index contributed by atoms with van der Waals surface area (Å²) in [6, 6.07) is 0.905. The highest BCUT2D eigenvalue weighted by Crippen LogP contribution is 2.32. The van der Waals surface area contributed by atoms with Crippen LogP contribution in [0.3, 0.4) is 0 Å². The van der Waals surface area contributed by atoms with Crippen molar-refractivity contribution in [3.63, 3.8) is 0 Å². The number of nitrogen functional groups attached to an aromatic ring is 1. The summed E-state index contributed by atoms with van der Waals surface area (Å²) in [5.74, 6) is -1.39. The predicted molar refractivity (Wildman–Crippen MR) is 66.7 cm³/mol. The summed E-state index contributed by atoms with van der Waals surface area (Å²) in [5.41, 5.74) is 10.3. The molecular formula is C11H8N4O4. The van der Waals surface area contributed by atoms with Crippen molar-refractivity contribution >= 4 is 33.8 Å². The summed E-state index contributed by atoms with van der Waals surface area (Å²) in [7, 11) is 0. The number of aromatic nitrogens is 2. The van der Waals surface area contributed by atoms with Crippen LogP contribution in [-0.4, -0.2) is 21.0 Å². The third kappa shape index (κ3) is 1.36. The van der Waals surface area contributed by atoms with Gasteiger partial charge in [-0.3, -0.25) is 9.59 Å². The van der Waals surface area contributed by atoms with E-state index in [0.717, 1.165) is 6.07 Å². The number of carbonyl (C=O) groups is 1. The van der Waals surface area contributed by atoms with Gasteiger partial charge in [0, 0.05) is 6.07 Å². The summed E-state index contributed by atoms with van der Waals surface area (Å²) < 4.78 is 5.36. The van der Waals surface area contributed by atoms with Crippen LogP contribution in [0, 0.1) is 0 Å². The van der Waals surface area contributed by atoms with E-state index in [1.807, 2.05) is 0 Å². The first-order chi connectivity index (χ1) is 9.00. The highest BCUT2D eigenvalue weighted by Gasteiger charge is 2.22. The lowest BCUT2D eigenvalue weighted by Crippen LogP contribution is -2.13. The van der Waals surface area contributed by atoms with E-state index in [0.29, 0.717) is 5.52 Å². The Bertz CT molecular complexity index is 893. The van der Waals surface area contributed by atoms with Crippen molar-refractivity contribution in [2.24, 2.45) is 5.73 Å². The Morgan fingerprint density at radius 2 is 2.16 bits per heavy atom. The Balaban J connectivity index is 2.67. The first kappa shape index (κ1) is 11.1. The van der Waals surface area contributed by atoms with Gasteiger partial charge in [-0.15, -0.1) is 0 Å². The summed E-state index contributed by atoms with van der Waals surface area (Å²) >= 11 is 0. The zero-order chi connectivity index (χ0) is 13.7. The van der Waals surface area contributed by atoms with E-state index in [2.05, 4.69) is 9.97 Å². The van der Waals surface area contributed by atoms with Gasteiger partial charge in [0.1, 0.15) is 16.8 Å². The maximum absolute atomic E-state index is 11.9. The van der Waals surface area contributed by atoms with Gasteiger partial charge in [0.05, 0.1) is 11.7 Å². The average Bonchev–Trinajstić information content (AvgIpc) is 2.69. The van der Waals surface area contributed by atoms with Gasteiger partial charge in [0.25, 0.3) is 5.91 Å². The van der Waals surface area contributed by atoms with E-state index < -0.39 is 17.1 Å². The summed E-state index contributed by atoms with van der Waals surface area (Å²) in [6.45, 7) is 0. The molecule has 0 spiro atoms. The molecule has 1 amide bonds. The summed E-state index contributed by atoms with van der Waals surface area (Å²) in [6.07, 6.45) is 1.29. The van der Waals surface area contributed by atoms with Crippen LogP contribution in [0.15, 0.2) is 21.6 Å². The number of nitrogens with one attached hydrogen (secondary N) is 1. The minimum Gasteiger partial charge on any atom is -0.507 e. The highest BCUT2D eigenvalue weighted by atomic mass is 16.3. The van der Waals surface area contributed by atoms with Gasteiger partial charge in [-0.05, 0) is 0 Å². The number of benzene rings is 1. The van der Waals surface area contributed by atoms with Crippen molar-refractivity contribution in [3.05, 3.63) is 28.2 Å².